The van der Waals surface area contributed by atoms with Crippen molar-refractivity contribution in [3.05, 3.63) is 71.3 Å². The third-order valence-electron chi connectivity index (χ3n) is 3.25. The van der Waals surface area contributed by atoms with E-state index < -0.39 is 0 Å². The molecule has 0 heterocycles. The van der Waals surface area contributed by atoms with Crippen molar-refractivity contribution < 1.29 is 14.3 Å². The molecular weight excluding hydrogens is 276 g/mol. The van der Waals surface area contributed by atoms with Crippen LogP contribution in [0.25, 0.3) is 6.08 Å². The van der Waals surface area contributed by atoms with Crippen LogP contribution in [0, 0.1) is 6.92 Å². The Morgan fingerprint density at radius 3 is 2.59 bits per heavy atom. The highest BCUT2D eigenvalue weighted by atomic mass is 16.5. The Morgan fingerprint density at radius 1 is 1.09 bits per heavy atom. The molecule has 0 aliphatic rings. The van der Waals surface area contributed by atoms with Crippen molar-refractivity contribution in [1.29, 1.82) is 0 Å². The predicted octanol–water partition coefficient (Wildman–Crippen LogP) is 4.15. The van der Waals surface area contributed by atoms with Crippen LogP contribution in [-0.2, 0) is 16.1 Å². The Hall–Kier alpha value is -2.55. The second-order valence-corrected chi connectivity index (χ2v) is 4.83. The Labute approximate surface area is 131 Å². The molecule has 0 N–H and O–H groups in total. The molecule has 0 amide bonds. The summed E-state index contributed by atoms with van der Waals surface area (Å²) in [5.41, 5.74) is 3.06. The largest absolute Gasteiger partial charge is 0.489 e. The Kier molecular flexibility index (Phi) is 5.78. The Bertz CT molecular complexity index is 645. The number of carbonyl (C=O) groups excluding carboxylic acids is 1. The molecule has 2 aromatic carbocycles. The molecule has 2 aromatic rings. The summed E-state index contributed by atoms with van der Waals surface area (Å²) in [7, 11) is 0. The third kappa shape index (κ3) is 4.48. The molecule has 0 aliphatic carbocycles. The quantitative estimate of drug-likeness (QED) is 0.593. The molecule has 0 saturated heterocycles. The number of rotatable bonds is 6. The fourth-order valence-corrected chi connectivity index (χ4v) is 2.05. The van der Waals surface area contributed by atoms with Gasteiger partial charge in [0.05, 0.1) is 6.61 Å². The van der Waals surface area contributed by atoms with Crippen molar-refractivity contribution in [2.24, 2.45) is 0 Å². The third-order valence-corrected chi connectivity index (χ3v) is 3.25. The van der Waals surface area contributed by atoms with Crippen molar-refractivity contribution >= 4 is 12.0 Å². The zero-order valence-corrected chi connectivity index (χ0v) is 12.9. The van der Waals surface area contributed by atoms with E-state index in [4.69, 9.17) is 9.47 Å². The molecule has 0 unspecified atom stereocenters. The summed E-state index contributed by atoms with van der Waals surface area (Å²) in [6.45, 7) is 4.66. The molecule has 3 heteroatoms. The van der Waals surface area contributed by atoms with Gasteiger partial charge >= 0.3 is 5.97 Å². The minimum Gasteiger partial charge on any atom is -0.489 e. The van der Waals surface area contributed by atoms with Gasteiger partial charge in [-0.1, -0.05) is 42.5 Å². The van der Waals surface area contributed by atoms with Gasteiger partial charge in [-0.2, -0.15) is 0 Å². The van der Waals surface area contributed by atoms with E-state index in [0.717, 1.165) is 22.4 Å². The summed E-state index contributed by atoms with van der Waals surface area (Å²) in [5.74, 6) is 0.479. The van der Waals surface area contributed by atoms with Crippen LogP contribution in [0.15, 0.2) is 54.6 Å². The maximum absolute atomic E-state index is 11.4. The average Bonchev–Trinajstić information content (AvgIpc) is 2.54. The van der Waals surface area contributed by atoms with Gasteiger partial charge in [0.15, 0.2) is 0 Å². The van der Waals surface area contributed by atoms with E-state index in [2.05, 4.69) is 0 Å². The molecule has 0 spiro atoms. The van der Waals surface area contributed by atoms with Crippen LogP contribution < -0.4 is 4.74 Å². The van der Waals surface area contributed by atoms with Gasteiger partial charge in [-0.15, -0.1) is 0 Å². The normalized spacial score (nSPS) is 10.6. The van der Waals surface area contributed by atoms with Gasteiger partial charge in [-0.25, -0.2) is 4.79 Å². The second-order valence-electron chi connectivity index (χ2n) is 4.83. The van der Waals surface area contributed by atoms with E-state index in [9.17, 15) is 4.79 Å². The fourth-order valence-electron chi connectivity index (χ4n) is 2.05. The van der Waals surface area contributed by atoms with Crippen LogP contribution in [0.4, 0.5) is 0 Å². The van der Waals surface area contributed by atoms with Crippen molar-refractivity contribution in [3.63, 3.8) is 0 Å². The molecule has 2 rings (SSSR count). The fraction of sp³-hybridized carbons (Fsp3) is 0.211. The van der Waals surface area contributed by atoms with E-state index in [-0.39, 0.29) is 5.97 Å². The molecule has 22 heavy (non-hydrogen) atoms. The summed E-state index contributed by atoms with van der Waals surface area (Å²) in [5, 5.41) is 0. The minimum absolute atomic E-state index is 0.336. The average molecular weight is 296 g/mol. The first-order valence-electron chi connectivity index (χ1n) is 7.32. The van der Waals surface area contributed by atoms with Gasteiger partial charge < -0.3 is 9.47 Å². The van der Waals surface area contributed by atoms with Crippen LogP contribution in [0.5, 0.6) is 5.75 Å². The molecular formula is C19H20O3. The monoisotopic (exact) mass is 296 g/mol. The van der Waals surface area contributed by atoms with E-state index in [0.29, 0.717) is 13.2 Å². The lowest BCUT2D eigenvalue weighted by Gasteiger charge is -2.11. The van der Waals surface area contributed by atoms with E-state index in [1.54, 1.807) is 13.0 Å². The summed E-state index contributed by atoms with van der Waals surface area (Å²) >= 11 is 0. The van der Waals surface area contributed by atoms with Gasteiger partial charge in [0.1, 0.15) is 12.4 Å². The first-order chi connectivity index (χ1) is 10.7. The predicted molar refractivity (Wildman–Crippen MR) is 87.6 cm³/mol. The minimum atomic E-state index is -0.336. The van der Waals surface area contributed by atoms with Crippen molar-refractivity contribution in [2.45, 2.75) is 20.5 Å². The number of esters is 1. The van der Waals surface area contributed by atoms with E-state index in [1.807, 2.05) is 55.5 Å². The van der Waals surface area contributed by atoms with Gasteiger partial charge in [0.25, 0.3) is 0 Å². The molecule has 3 nitrogen and oxygen atoms in total. The number of hydrogen-bond acceptors (Lipinski definition) is 3. The molecule has 0 radical (unpaired) electrons. The van der Waals surface area contributed by atoms with Crippen molar-refractivity contribution in [2.75, 3.05) is 6.61 Å². The standard InChI is InChI=1S/C19H20O3/c1-3-21-19(20)13-12-17-10-7-11-18(15(17)2)22-14-16-8-5-4-6-9-16/h4-13H,3,14H2,1-2H3/b13-12+. The maximum atomic E-state index is 11.4. The summed E-state index contributed by atoms with van der Waals surface area (Å²) in [6, 6.07) is 15.8. The number of benzene rings is 2. The van der Waals surface area contributed by atoms with Gasteiger partial charge in [-0.05, 0) is 42.7 Å². The first-order valence-corrected chi connectivity index (χ1v) is 7.32. The SMILES string of the molecule is CCOC(=O)/C=C/c1cccc(OCc2ccccc2)c1C. The molecule has 114 valence electrons. The molecule has 0 atom stereocenters. The molecule has 0 fully saturated rings. The van der Waals surface area contributed by atoms with Crippen LogP contribution in [0.1, 0.15) is 23.6 Å². The summed E-state index contributed by atoms with van der Waals surface area (Å²) in [6.07, 6.45) is 3.19. The summed E-state index contributed by atoms with van der Waals surface area (Å²) < 4.78 is 10.7. The van der Waals surface area contributed by atoms with Crippen LogP contribution >= 0.6 is 0 Å². The number of carbonyl (C=O) groups is 1. The smallest absolute Gasteiger partial charge is 0.330 e. The van der Waals surface area contributed by atoms with E-state index >= 15 is 0 Å². The highest BCUT2D eigenvalue weighted by molar-refractivity contribution is 5.87. The second kappa shape index (κ2) is 8.03. The van der Waals surface area contributed by atoms with E-state index in [1.165, 1.54) is 6.08 Å². The Morgan fingerprint density at radius 2 is 1.86 bits per heavy atom. The highest BCUT2D eigenvalue weighted by Crippen LogP contribution is 2.23. The van der Waals surface area contributed by atoms with Gasteiger partial charge in [0.2, 0.25) is 0 Å². The summed E-state index contributed by atoms with van der Waals surface area (Å²) in [4.78, 5) is 11.4. The van der Waals surface area contributed by atoms with Crippen molar-refractivity contribution in [3.8, 4) is 5.75 Å². The van der Waals surface area contributed by atoms with Gasteiger partial charge in [0, 0.05) is 6.08 Å². The highest BCUT2D eigenvalue weighted by Gasteiger charge is 2.04. The van der Waals surface area contributed by atoms with Crippen molar-refractivity contribution in [1.82, 2.24) is 0 Å². The molecule has 0 aliphatic heterocycles. The maximum Gasteiger partial charge on any atom is 0.330 e. The van der Waals surface area contributed by atoms with Crippen LogP contribution in [-0.4, -0.2) is 12.6 Å². The van der Waals surface area contributed by atoms with Crippen LogP contribution in [0.3, 0.4) is 0 Å². The molecule has 0 bridgehead atoms. The zero-order valence-electron chi connectivity index (χ0n) is 12.9. The lowest BCUT2D eigenvalue weighted by molar-refractivity contribution is -0.137. The first kappa shape index (κ1) is 15.8. The molecule has 0 aromatic heterocycles. The number of ether oxygens (including phenoxy) is 2. The van der Waals surface area contributed by atoms with Gasteiger partial charge in [-0.3, -0.25) is 0 Å². The zero-order chi connectivity index (χ0) is 15.8. The topological polar surface area (TPSA) is 35.5 Å². The Balaban J connectivity index is 2.07. The number of hydrogen-bond donors (Lipinski definition) is 0. The van der Waals surface area contributed by atoms with Crippen LogP contribution in [0.2, 0.25) is 0 Å². The lowest BCUT2D eigenvalue weighted by Crippen LogP contribution is -1.99. The lowest BCUT2D eigenvalue weighted by atomic mass is 10.1. The molecule has 0 saturated carbocycles.